The quantitative estimate of drug-likeness (QED) is 0.753. The van der Waals surface area contributed by atoms with Gasteiger partial charge in [0.15, 0.2) is 6.33 Å². The second kappa shape index (κ2) is 3.31. The third-order valence-corrected chi connectivity index (χ3v) is 1.80. The van der Waals surface area contributed by atoms with Crippen molar-refractivity contribution in [3.05, 3.63) is 36.7 Å². The van der Waals surface area contributed by atoms with E-state index in [9.17, 15) is 0 Å². The number of hydrogen-bond donors (Lipinski definition) is 1. The van der Waals surface area contributed by atoms with E-state index in [2.05, 4.69) is 16.3 Å². The number of aromatic amines is 1. The molecule has 2 aromatic rings. The summed E-state index contributed by atoms with van der Waals surface area (Å²) in [6, 6.07) is 9.85. The second-order valence-corrected chi connectivity index (χ2v) is 2.60. The number of methoxy groups -OCH3 is 1. The molecule has 0 spiro atoms. The number of rotatable bonds is 2. The SMILES string of the molecule is COc1[nH][c]nc1-c1ccccc1. The Morgan fingerprint density at radius 3 is 2.77 bits per heavy atom. The predicted molar refractivity (Wildman–Crippen MR) is 49.4 cm³/mol. The summed E-state index contributed by atoms with van der Waals surface area (Å²) in [6.45, 7) is 0. The molecule has 13 heavy (non-hydrogen) atoms. The summed E-state index contributed by atoms with van der Waals surface area (Å²) in [5.74, 6) is 0.645. The maximum absolute atomic E-state index is 5.09. The molecule has 1 aromatic heterocycles. The smallest absolute Gasteiger partial charge is 0.219 e. The molecule has 0 fully saturated rings. The van der Waals surface area contributed by atoms with Gasteiger partial charge in [-0.3, -0.25) is 0 Å². The van der Waals surface area contributed by atoms with Gasteiger partial charge in [-0.25, -0.2) is 4.98 Å². The van der Waals surface area contributed by atoms with Crippen LogP contribution in [0, 0.1) is 6.33 Å². The fourth-order valence-electron chi connectivity index (χ4n) is 1.18. The Labute approximate surface area is 76.4 Å². The van der Waals surface area contributed by atoms with E-state index >= 15 is 0 Å². The van der Waals surface area contributed by atoms with Crippen LogP contribution in [-0.4, -0.2) is 17.1 Å². The van der Waals surface area contributed by atoms with E-state index in [0.29, 0.717) is 5.88 Å². The minimum atomic E-state index is 0.645. The van der Waals surface area contributed by atoms with Gasteiger partial charge >= 0.3 is 0 Å². The Kier molecular flexibility index (Phi) is 2.00. The first kappa shape index (κ1) is 7.86. The maximum Gasteiger partial charge on any atom is 0.219 e. The molecule has 1 radical (unpaired) electrons. The number of H-pyrrole nitrogens is 1. The van der Waals surface area contributed by atoms with Gasteiger partial charge in [0.25, 0.3) is 0 Å². The number of benzene rings is 1. The molecule has 1 N–H and O–H groups in total. The van der Waals surface area contributed by atoms with Crippen LogP contribution in [0.4, 0.5) is 0 Å². The van der Waals surface area contributed by atoms with Crippen LogP contribution in [0.2, 0.25) is 0 Å². The Bertz CT molecular complexity index is 381. The van der Waals surface area contributed by atoms with E-state index in [1.807, 2.05) is 30.3 Å². The van der Waals surface area contributed by atoms with E-state index in [1.165, 1.54) is 0 Å². The molecular formula is C10H9N2O. The molecule has 0 atom stereocenters. The highest BCUT2D eigenvalue weighted by Crippen LogP contribution is 2.24. The molecule has 0 aliphatic carbocycles. The van der Waals surface area contributed by atoms with E-state index in [0.717, 1.165) is 11.3 Å². The van der Waals surface area contributed by atoms with Gasteiger partial charge in [-0.2, -0.15) is 0 Å². The van der Waals surface area contributed by atoms with Crippen molar-refractivity contribution in [3.63, 3.8) is 0 Å². The minimum Gasteiger partial charge on any atom is -0.481 e. The van der Waals surface area contributed by atoms with Gasteiger partial charge in [-0.15, -0.1) is 0 Å². The first-order valence-corrected chi connectivity index (χ1v) is 3.97. The minimum absolute atomic E-state index is 0.645. The number of nitrogens with zero attached hydrogens (tertiary/aromatic N) is 1. The van der Waals surface area contributed by atoms with Crippen LogP contribution in [0.3, 0.4) is 0 Å². The van der Waals surface area contributed by atoms with E-state index in [-0.39, 0.29) is 0 Å². The molecule has 3 heteroatoms. The van der Waals surface area contributed by atoms with Gasteiger partial charge in [-0.1, -0.05) is 30.3 Å². The zero-order valence-electron chi connectivity index (χ0n) is 7.24. The van der Waals surface area contributed by atoms with Crippen LogP contribution in [0.1, 0.15) is 0 Å². The lowest BCUT2D eigenvalue weighted by Gasteiger charge is -1.99. The second-order valence-electron chi connectivity index (χ2n) is 2.60. The molecule has 65 valence electrons. The predicted octanol–water partition coefficient (Wildman–Crippen LogP) is 1.89. The molecule has 0 aliphatic rings. The summed E-state index contributed by atoms with van der Waals surface area (Å²) >= 11 is 0. The largest absolute Gasteiger partial charge is 0.481 e. The number of nitrogens with one attached hydrogen (secondary N) is 1. The molecule has 0 bridgehead atoms. The van der Waals surface area contributed by atoms with Crippen molar-refractivity contribution >= 4 is 0 Å². The third kappa shape index (κ3) is 1.40. The lowest BCUT2D eigenvalue weighted by Crippen LogP contribution is -1.85. The first-order chi connectivity index (χ1) is 6.42. The molecular weight excluding hydrogens is 164 g/mol. The van der Waals surface area contributed by atoms with Crippen molar-refractivity contribution in [1.82, 2.24) is 9.97 Å². The molecule has 0 aliphatic heterocycles. The van der Waals surface area contributed by atoms with Crippen LogP contribution >= 0.6 is 0 Å². The summed E-state index contributed by atoms with van der Waals surface area (Å²) < 4.78 is 5.09. The van der Waals surface area contributed by atoms with Gasteiger partial charge in [0.1, 0.15) is 5.69 Å². The Morgan fingerprint density at radius 2 is 2.08 bits per heavy atom. The highest BCUT2D eigenvalue weighted by Gasteiger charge is 2.07. The summed E-state index contributed by atoms with van der Waals surface area (Å²) in [6.07, 6.45) is 2.65. The lowest BCUT2D eigenvalue weighted by atomic mass is 10.2. The molecule has 0 amide bonds. The topological polar surface area (TPSA) is 37.9 Å². The van der Waals surface area contributed by atoms with Gasteiger partial charge in [-0.05, 0) is 0 Å². The van der Waals surface area contributed by atoms with Gasteiger partial charge in [0.2, 0.25) is 5.88 Å². The van der Waals surface area contributed by atoms with Gasteiger partial charge in [0.05, 0.1) is 7.11 Å². The lowest BCUT2D eigenvalue weighted by molar-refractivity contribution is 0.401. The van der Waals surface area contributed by atoms with E-state index in [1.54, 1.807) is 7.11 Å². The molecule has 0 unspecified atom stereocenters. The molecule has 1 aromatic carbocycles. The summed E-state index contributed by atoms with van der Waals surface area (Å²) in [4.78, 5) is 6.85. The zero-order valence-corrected chi connectivity index (χ0v) is 7.24. The standard InChI is InChI=1S/C10H9N2O/c1-13-10-9(11-7-12-10)8-5-3-2-4-6-8/h2-6H,1H3,(H,11,12). The van der Waals surface area contributed by atoms with Crippen LogP contribution in [0.25, 0.3) is 11.3 Å². The van der Waals surface area contributed by atoms with Crippen molar-refractivity contribution in [2.45, 2.75) is 0 Å². The summed E-state index contributed by atoms with van der Waals surface area (Å²) in [5, 5.41) is 0. The van der Waals surface area contributed by atoms with E-state index in [4.69, 9.17) is 4.74 Å². The fraction of sp³-hybridized carbons (Fsp3) is 0.100. The molecule has 0 saturated carbocycles. The average molecular weight is 173 g/mol. The fourth-order valence-corrected chi connectivity index (χ4v) is 1.18. The van der Waals surface area contributed by atoms with Crippen molar-refractivity contribution in [2.75, 3.05) is 7.11 Å². The molecule has 3 nitrogen and oxygen atoms in total. The molecule has 2 rings (SSSR count). The van der Waals surface area contributed by atoms with Crippen molar-refractivity contribution in [1.29, 1.82) is 0 Å². The van der Waals surface area contributed by atoms with Crippen LogP contribution in [-0.2, 0) is 0 Å². The molecule has 1 heterocycles. The van der Waals surface area contributed by atoms with Gasteiger partial charge < -0.3 is 9.72 Å². The first-order valence-electron chi connectivity index (χ1n) is 3.97. The highest BCUT2D eigenvalue weighted by molar-refractivity contribution is 5.63. The Hall–Kier alpha value is -1.77. The number of imidazole rings is 1. The number of aromatic nitrogens is 2. The van der Waals surface area contributed by atoms with Crippen LogP contribution in [0.5, 0.6) is 5.88 Å². The number of hydrogen-bond acceptors (Lipinski definition) is 2. The third-order valence-electron chi connectivity index (χ3n) is 1.80. The van der Waals surface area contributed by atoms with E-state index < -0.39 is 0 Å². The summed E-state index contributed by atoms with van der Waals surface area (Å²) in [7, 11) is 1.60. The average Bonchev–Trinajstić information content (AvgIpc) is 2.67. The number of ether oxygens (including phenoxy) is 1. The highest BCUT2D eigenvalue weighted by atomic mass is 16.5. The monoisotopic (exact) mass is 173 g/mol. The summed E-state index contributed by atoms with van der Waals surface area (Å²) in [5.41, 5.74) is 1.82. The van der Waals surface area contributed by atoms with Crippen molar-refractivity contribution in [3.8, 4) is 17.1 Å². The van der Waals surface area contributed by atoms with Crippen molar-refractivity contribution < 1.29 is 4.74 Å². The van der Waals surface area contributed by atoms with Crippen LogP contribution in [0.15, 0.2) is 30.3 Å². The zero-order chi connectivity index (χ0) is 9.10. The maximum atomic E-state index is 5.09. The van der Waals surface area contributed by atoms with Crippen molar-refractivity contribution in [2.24, 2.45) is 0 Å². The van der Waals surface area contributed by atoms with Crippen LogP contribution < -0.4 is 4.74 Å². The Balaban J connectivity index is 2.47. The van der Waals surface area contributed by atoms with Gasteiger partial charge in [0, 0.05) is 5.56 Å². The molecule has 0 saturated heterocycles. The normalized spacial score (nSPS) is 9.92. The Morgan fingerprint density at radius 1 is 1.31 bits per heavy atom.